The molecule has 0 aromatic heterocycles. The minimum atomic E-state index is -4.73. The van der Waals surface area contributed by atoms with E-state index < -0.39 is 26.8 Å². The zero-order valence-corrected chi connectivity index (χ0v) is 19.6. The van der Waals surface area contributed by atoms with E-state index >= 15 is 0 Å². The van der Waals surface area contributed by atoms with Crippen LogP contribution in [0, 0.1) is 0 Å². The molecule has 1 fully saturated rings. The first kappa shape index (κ1) is 24.7. The quantitative estimate of drug-likeness (QED) is 0.513. The lowest BCUT2D eigenvalue weighted by molar-refractivity contribution is -0.137. The molecule has 3 rings (SSSR count). The van der Waals surface area contributed by atoms with Crippen molar-refractivity contribution in [1.82, 2.24) is 4.90 Å². The molecular weight excluding hydrogens is 485 g/mol. The van der Waals surface area contributed by atoms with E-state index in [1.165, 1.54) is 30.0 Å². The standard InChI is InChI=1S/C21H22ClF3N2O3S2/c1-31-19-9-7-15(13-16(19)20(28)27-10-4-2-3-5-11-27)32(29,30)26-14-6-8-18(22)17(12-14)21(23,24)25/h6-9,12-13,26H,2-5,10-11H2,1H3. The van der Waals surface area contributed by atoms with Crippen molar-refractivity contribution in [2.45, 2.75) is 41.7 Å². The van der Waals surface area contributed by atoms with Gasteiger partial charge in [0.2, 0.25) is 0 Å². The van der Waals surface area contributed by atoms with E-state index in [0.717, 1.165) is 37.8 Å². The average Bonchev–Trinajstić information content (AvgIpc) is 3.02. The van der Waals surface area contributed by atoms with E-state index in [2.05, 4.69) is 4.72 Å². The van der Waals surface area contributed by atoms with Crippen LogP contribution < -0.4 is 4.72 Å². The molecule has 0 saturated carbocycles. The molecule has 0 spiro atoms. The number of amides is 1. The lowest BCUT2D eigenvalue weighted by atomic mass is 10.2. The zero-order valence-electron chi connectivity index (χ0n) is 17.2. The van der Waals surface area contributed by atoms with Crippen molar-refractivity contribution in [2.75, 3.05) is 24.1 Å². The highest BCUT2D eigenvalue weighted by molar-refractivity contribution is 7.98. The molecule has 11 heteroatoms. The van der Waals surface area contributed by atoms with Crippen LogP contribution in [0.5, 0.6) is 0 Å². The van der Waals surface area contributed by atoms with E-state index in [9.17, 15) is 26.4 Å². The van der Waals surface area contributed by atoms with Crippen LogP contribution in [-0.2, 0) is 16.2 Å². The van der Waals surface area contributed by atoms with Crippen molar-refractivity contribution in [3.8, 4) is 0 Å². The Morgan fingerprint density at radius 3 is 2.31 bits per heavy atom. The van der Waals surface area contributed by atoms with Crippen LogP contribution in [0.25, 0.3) is 0 Å². The fourth-order valence-electron chi connectivity index (χ4n) is 3.49. The number of nitrogens with zero attached hydrogens (tertiary/aromatic N) is 1. The summed E-state index contributed by atoms with van der Waals surface area (Å²) in [6.45, 7) is 1.21. The van der Waals surface area contributed by atoms with Crippen molar-refractivity contribution < 1.29 is 26.4 Å². The zero-order chi connectivity index (χ0) is 23.5. The van der Waals surface area contributed by atoms with Gasteiger partial charge in [0, 0.05) is 23.7 Å². The molecule has 1 aliphatic heterocycles. The third kappa shape index (κ3) is 5.71. The molecule has 1 saturated heterocycles. The number of halogens is 4. The summed E-state index contributed by atoms with van der Waals surface area (Å²) in [7, 11) is -4.25. The van der Waals surface area contributed by atoms with Crippen molar-refractivity contribution in [3.05, 3.63) is 52.5 Å². The number of nitrogens with one attached hydrogen (secondary N) is 1. The molecule has 174 valence electrons. The number of thioether (sulfide) groups is 1. The molecule has 0 atom stereocenters. The molecule has 0 bridgehead atoms. The van der Waals surface area contributed by atoms with Gasteiger partial charge < -0.3 is 4.90 Å². The highest BCUT2D eigenvalue weighted by atomic mass is 35.5. The van der Waals surface area contributed by atoms with E-state index in [0.29, 0.717) is 24.1 Å². The van der Waals surface area contributed by atoms with Gasteiger partial charge in [-0.3, -0.25) is 9.52 Å². The summed E-state index contributed by atoms with van der Waals surface area (Å²) in [5, 5.41) is -0.532. The van der Waals surface area contributed by atoms with Gasteiger partial charge in [-0.1, -0.05) is 24.4 Å². The summed E-state index contributed by atoms with van der Waals surface area (Å²) < 4.78 is 67.3. The summed E-state index contributed by atoms with van der Waals surface area (Å²) in [5.74, 6) is -0.251. The second kappa shape index (κ2) is 9.93. The Morgan fingerprint density at radius 2 is 1.72 bits per heavy atom. The maximum atomic E-state index is 13.1. The molecule has 0 radical (unpaired) electrons. The number of hydrogen-bond donors (Lipinski definition) is 1. The summed E-state index contributed by atoms with van der Waals surface area (Å²) in [6.07, 6.45) is 0.908. The highest BCUT2D eigenvalue weighted by Crippen LogP contribution is 2.36. The van der Waals surface area contributed by atoms with E-state index in [1.54, 1.807) is 11.2 Å². The van der Waals surface area contributed by atoms with Crippen LogP contribution in [0.1, 0.15) is 41.6 Å². The van der Waals surface area contributed by atoms with Gasteiger partial charge in [0.15, 0.2) is 0 Å². The second-order valence-corrected chi connectivity index (χ2v) is 10.3. The third-order valence-electron chi connectivity index (χ3n) is 5.13. The van der Waals surface area contributed by atoms with Gasteiger partial charge in [-0.2, -0.15) is 13.2 Å². The topological polar surface area (TPSA) is 66.5 Å². The van der Waals surface area contributed by atoms with Crippen molar-refractivity contribution in [3.63, 3.8) is 0 Å². The number of carbonyl (C=O) groups is 1. The lowest BCUT2D eigenvalue weighted by Gasteiger charge is -2.22. The largest absolute Gasteiger partial charge is 0.417 e. The predicted octanol–water partition coefficient (Wildman–Crippen LogP) is 5.90. The minimum absolute atomic E-state index is 0.211. The van der Waals surface area contributed by atoms with Crippen LogP contribution in [0.4, 0.5) is 18.9 Å². The highest BCUT2D eigenvalue weighted by Gasteiger charge is 2.34. The molecule has 5 nitrogen and oxygen atoms in total. The summed E-state index contributed by atoms with van der Waals surface area (Å²) >= 11 is 6.92. The molecule has 1 amide bonds. The van der Waals surface area contributed by atoms with E-state index in [-0.39, 0.29) is 22.1 Å². The van der Waals surface area contributed by atoms with Crippen LogP contribution in [0.3, 0.4) is 0 Å². The van der Waals surface area contributed by atoms with Crippen molar-refractivity contribution in [1.29, 1.82) is 0 Å². The smallest absolute Gasteiger partial charge is 0.339 e. The predicted molar refractivity (Wildman–Crippen MR) is 120 cm³/mol. The van der Waals surface area contributed by atoms with Crippen molar-refractivity contribution >= 4 is 45.0 Å². The molecule has 32 heavy (non-hydrogen) atoms. The number of alkyl halides is 3. The molecule has 2 aromatic rings. The molecule has 1 aliphatic rings. The first-order valence-electron chi connectivity index (χ1n) is 9.90. The van der Waals surface area contributed by atoms with Crippen LogP contribution in [-0.4, -0.2) is 38.6 Å². The first-order chi connectivity index (χ1) is 15.0. The second-order valence-electron chi connectivity index (χ2n) is 7.37. The summed E-state index contributed by atoms with van der Waals surface area (Å²) in [6, 6.07) is 6.91. The fourth-order valence-corrected chi connectivity index (χ4v) is 5.36. The van der Waals surface area contributed by atoms with E-state index in [1.807, 2.05) is 0 Å². The Kier molecular flexibility index (Phi) is 7.67. The molecule has 0 aliphatic carbocycles. The Morgan fingerprint density at radius 1 is 1.06 bits per heavy atom. The Hall–Kier alpha value is -1.91. The van der Waals surface area contributed by atoms with Gasteiger partial charge >= 0.3 is 6.18 Å². The molecule has 2 aromatic carbocycles. The fraction of sp³-hybridized carbons (Fsp3) is 0.381. The Bertz CT molecular complexity index is 1100. The monoisotopic (exact) mass is 506 g/mol. The van der Waals surface area contributed by atoms with Gasteiger partial charge in [-0.25, -0.2) is 8.42 Å². The summed E-state index contributed by atoms with van der Waals surface area (Å²) in [5.41, 5.74) is -1.17. The van der Waals surface area contributed by atoms with Gasteiger partial charge in [0.25, 0.3) is 15.9 Å². The molecule has 1 N–H and O–H groups in total. The maximum absolute atomic E-state index is 13.1. The number of hydrogen-bond acceptors (Lipinski definition) is 4. The van der Waals surface area contributed by atoms with Gasteiger partial charge in [-0.15, -0.1) is 11.8 Å². The lowest BCUT2D eigenvalue weighted by Crippen LogP contribution is -2.32. The molecule has 1 heterocycles. The normalized spacial score (nSPS) is 15.3. The van der Waals surface area contributed by atoms with Crippen LogP contribution >= 0.6 is 23.4 Å². The molecular formula is C21H22ClF3N2O3S2. The minimum Gasteiger partial charge on any atom is -0.339 e. The Labute approximate surface area is 194 Å². The maximum Gasteiger partial charge on any atom is 0.417 e. The number of benzene rings is 2. The number of rotatable bonds is 5. The SMILES string of the molecule is CSc1ccc(S(=O)(=O)Nc2ccc(Cl)c(C(F)(F)F)c2)cc1C(=O)N1CCCCCC1. The van der Waals surface area contributed by atoms with Crippen LogP contribution in [0.2, 0.25) is 5.02 Å². The number of anilines is 1. The van der Waals surface area contributed by atoms with Gasteiger partial charge in [0.05, 0.1) is 21.0 Å². The number of carbonyl (C=O) groups excluding carboxylic acids is 1. The third-order valence-corrected chi connectivity index (χ3v) is 7.63. The summed E-state index contributed by atoms with van der Waals surface area (Å²) in [4.78, 5) is 15.3. The Balaban J connectivity index is 1.93. The van der Waals surface area contributed by atoms with Gasteiger partial charge in [0.1, 0.15) is 0 Å². The van der Waals surface area contributed by atoms with Crippen LogP contribution in [0.15, 0.2) is 46.2 Å². The van der Waals surface area contributed by atoms with E-state index in [4.69, 9.17) is 11.6 Å². The number of sulfonamides is 1. The van der Waals surface area contributed by atoms with Gasteiger partial charge in [-0.05, 0) is 55.5 Å². The molecule has 0 unspecified atom stereocenters. The van der Waals surface area contributed by atoms with Crippen molar-refractivity contribution in [2.24, 2.45) is 0 Å². The average molecular weight is 507 g/mol. The number of likely N-dealkylation sites (tertiary alicyclic amines) is 1. The first-order valence-corrected chi connectivity index (χ1v) is 13.0.